The number of nitrogens with zero attached hydrogens (tertiary/aromatic N) is 3. The van der Waals surface area contributed by atoms with Gasteiger partial charge in [0.05, 0.1) is 6.04 Å². The molecule has 1 fully saturated rings. The SMILES string of the molecule is O=C(N[C@@H](CCn1cncn1)c1ccccc1)C1CCCCC1. The third-order valence-corrected chi connectivity index (χ3v) is 4.61. The number of rotatable bonds is 6. The average Bonchev–Trinajstić information content (AvgIpc) is 3.13. The number of amides is 1. The van der Waals surface area contributed by atoms with Gasteiger partial charge in [-0.05, 0) is 24.8 Å². The zero-order valence-corrected chi connectivity index (χ0v) is 13.4. The van der Waals surface area contributed by atoms with Crippen LogP contribution < -0.4 is 5.32 Å². The molecule has 0 aliphatic heterocycles. The highest BCUT2D eigenvalue weighted by Crippen LogP contribution is 2.25. The van der Waals surface area contributed by atoms with Gasteiger partial charge in [-0.2, -0.15) is 5.10 Å². The first-order valence-corrected chi connectivity index (χ1v) is 8.50. The molecule has 1 aromatic carbocycles. The minimum Gasteiger partial charge on any atom is -0.349 e. The van der Waals surface area contributed by atoms with Crippen molar-refractivity contribution in [3.05, 3.63) is 48.5 Å². The minimum atomic E-state index is 0.0230. The van der Waals surface area contributed by atoms with Crippen LogP contribution in [0.3, 0.4) is 0 Å². The highest BCUT2D eigenvalue weighted by molar-refractivity contribution is 5.79. The molecule has 1 N–H and O–H groups in total. The van der Waals surface area contributed by atoms with Gasteiger partial charge in [-0.25, -0.2) is 4.98 Å². The molecule has 1 aliphatic carbocycles. The van der Waals surface area contributed by atoms with Gasteiger partial charge in [-0.3, -0.25) is 9.48 Å². The van der Waals surface area contributed by atoms with Crippen LogP contribution in [0.5, 0.6) is 0 Å². The van der Waals surface area contributed by atoms with Crippen molar-refractivity contribution in [3.8, 4) is 0 Å². The van der Waals surface area contributed by atoms with Crippen molar-refractivity contribution in [1.82, 2.24) is 20.1 Å². The first-order valence-electron chi connectivity index (χ1n) is 8.50. The molecule has 0 saturated heterocycles. The molecule has 5 nitrogen and oxygen atoms in total. The summed E-state index contributed by atoms with van der Waals surface area (Å²) in [6.45, 7) is 0.741. The Hall–Kier alpha value is -2.17. The van der Waals surface area contributed by atoms with Crippen LogP contribution in [0, 0.1) is 5.92 Å². The average molecular weight is 312 g/mol. The second-order valence-electron chi connectivity index (χ2n) is 6.25. The van der Waals surface area contributed by atoms with Crippen molar-refractivity contribution in [2.45, 2.75) is 51.1 Å². The van der Waals surface area contributed by atoms with Crippen LogP contribution in [-0.4, -0.2) is 20.7 Å². The lowest BCUT2D eigenvalue weighted by Gasteiger charge is -2.25. The van der Waals surface area contributed by atoms with Crippen LogP contribution in [0.4, 0.5) is 0 Å². The standard InChI is InChI=1S/C18H24N4O/c23-18(16-9-5-2-6-10-16)21-17(15-7-3-1-4-8-15)11-12-22-14-19-13-20-22/h1,3-4,7-8,13-14,16-17H,2,5-6,9-12H2,(H,21,23)/t17-/m0/s1. The van der Waals surface area contributed by atoms with E-state index in [1.165, 1.54) is 25.6 Å². The van der Waals surface area contributed by atoms with Gasteiger partial charge in [0.2, 0.25) is 5.91 Å². The smallest absolute Gasteiger partial charge is 0.223 e. The van der Waals surface area contributed by atoms with E-state index in [1.807, 2.05) is 22.9 Å². The van der Waals surface area contributed by atoms with E-state index in [1.54, 1.807) is 6.33 Å². The second-order valence-corrected chi connectivity index (χ2v) is 6.25. The number of benzene rings is 1. The maximum Gasteiger partial charge on any atom is 0.223 e. The van der Waals surface area contributed by atoms with Crippen molar-refractivity contribution < 1.29 is 4.79 Å². The van der Waals surface area contributed by atoms with Gasteiger partial charge in [0.1, 0.15) is 12.7 Å². The van der Waals surface area contributed by atoms with Crippen LogP contribution >= 0.6 is 0 Å². The van der Waals surface area contributed by atoms with Crippen LogP contribution in [0.15, 0.2) is 43.0 Å². The maximum atomic E-state index is 12.6. The van der Waals surface area contributed by atoms with Crippen molar-refractivity contribution in [1.29, 1.82) is 0 Å². The van der Waals surface area contributed by atoms with Gasteiger partial charge < -0.3 is 5.32 Å². The summed E-state index contributed by atoms with van der Waals surface area (Å²) < 4.78 is 1.81. The topological polar surface area (TPSA) is 59.8 Å². The fourth-order valence-electron chi connectivity index (χ4n) is 3.27. The number of aromatic nitrogens is 3. The van der Waals surface area contributed by atoms with Gasteiger partial charge in [-0.1, -0.05) is 49.6 Å². The molecule has 122 valence electrons. The summed E-state index contributed by atoms with van der Waals surface area (Å²) in [5.41, 5.74) is 1.15. The van der Waals surface area contributed by atoms with Crippen molar-refractivity contribution in [3.63, 3.8) is 0 Å². The fourth-order valence-corrected chi connectivity index (χ4v) is 3.27. The lowest BCUT2D eigenvalue weighted by Crippen LogP contribution is -2.35. The minimum absolute atomic E-state index is 0.0230. The Kier molecular flexibility index (Phi) is 5.40. The largest absolute Gasteiger partial charge is 0.349 e. The van der Waals surface area contributed by atoms with Crippen molar-refractivity contribution in [2.24, 2.45) is 5.92 Å². The Morgan fingerprint density at radius 3 is 2.70 bits per heavy atom. The zero-order chi connectivity index (χ0) is 15.9. The lowest BCUT2D eigenvalue weighted by atomic mass is 9.88. The fraction of sp³-hybridized carbons (Fsp3) is 0.500. The predicted octanol–water partition coefficient (Wildman–Crippen LogP) is 3.11. The van der Waals surface area contributed by atoms with Crippen LogP contribution in [-0.2, 0) is 11.3 Å². The van der Waals surface area contributed by atoms with E-state index < -0.39 is 0 Å². The molecule has 0 spiro atoms. The molecule has 1 aromatic heterocycles. The summed E-state index contributed by atoms with van der Waals surface area (Å²) in [6.07, 6.45) is 9.72. The molecule has 1 heterocycles. The number of hydrogen-bond acceptors (Lipinski definition) is 3. The highest BCUT2D eigenvalue weighted by atomic mass is 16.1. The first-order chi connectivity index (χ1) is 11.3. The van der Waals surface area contributed by atoms with E-state index in [9.17, 15) is 4.79 Å². The van der Waals surface area contributed by atoms with E-state index in [-0.39, 0.29) is 17.9 Å². The molecule has 1 amide bonds. The van der Waals surface area contributed by atoms with Gasteiger partial charge in [0.25, 0.3) is 0 Å². The van der Waals surface area contributed by atoms with Crippen molar-refractivity contribution >= 4 is 5.91 Å². The zero-order valence-electron chi connectivity index (χ0n) is 13.4. The van der Waals surface area contributed by atoms with E-state index in [0.29, 0.717) is 0 Å². The van der Waals surface area contributed by atoms with Crippen molar-refractivity contribution in [2.75, 3.05) is 0 Å². The predicted molar refractivity (Wildman–Crippen MR) is 88.5 cm³/mol. The van der Waals surface area contributed by atoms with E-state index >= 15 is 0 Å². The molecule has 2 aromatic rings. The van der Waals surface area contributed by atoms with Gasteiger partial charge in [-0.15, -0.1) is 0 Å². The Labute approximate surface area is 137 Å². The molecule has 1 aliphatic rings. The molecule has 1 atom stereocenters. The lowest BCUT2D eigenvalue weighted by molar-refractivity contribution is -0.126. The number of hydrogen-bond donors (Lipinski definition) is 1. The van der Waals surface area contributed by atoms with Crippen LogP contribution in [0.2, 0.25) is 0 Å². The number of aryl methyl sites for hydroxylation is 1. The normalized spacial score (nSPS) is 16.9. The maximum absolute atomic E-state index is 12.6. The summed E-state index contributed by atoms with van der Waals surface area (Å²) in [6, 6.07) is 10.2. The summed E-state index contributed by atoms with van der Waals surface area (Å²) in [4.78, 5) is 16.6. The molecule has 1 saturated carbocycles. The molecular weight excluding hydrogens is 288 g/mol. The van der Waals surface area contributed by atoms with Crippen LogP contribution in [0.1, 0.15) is 50.1 Å². The first kappa shape index (κ1) is 15.7. The Bertz CT molecular complexity index is 591. The molecular formula is C18H24N4O. The summed E-state index contributed by atoms with van der Waals surface area (Å²) in [5, 5.41) is 7.41. The van der Waals surface area contributed by atoms with E-state index in [0.717, 1.165) is 31.4 Å². The third kappa shape index (κ3) is 4.41. The van der Waals surface area contributed by atoms with Gasteiger partial charge >= 0.3 is 0 Å². The molecule has 5 heteroatoms. The Balaban J connectivity index is 1.65. The molecule has 0 unspecified atom stereocenters. The Morgan fingerprint density at radius 2 is 2.00 bits per heavy atom. The number of carbonyl (C=O) groups excluding carboxylic acids is 1. The third-order valence-electron chi connectivity index (χ3n) is 4.61. The summed E-state index contributed by atoms with van der Waals surface area (Å²) in [7, 11) is 0. The van der Waals surface area contributed by atoms with E-state index in [4.69, 9.17) is 0 Å². The quantitative estimate of drug-likeness (QED) is 0.891. The Morgan fingerprint density at radius 1 is 1.22 bits per heavy atom. The van der Waals surface area contributed by atoms with Gasteiger partial charge in [0, 0.05) is 12.5 Å². The van der Waals surface area contributed by atoms with Crippen LogP contribution in [0.25, 0.3) is 0 Å². The molecule has 23 heavy (non-hydrogen) atoms. The summed E-state index contributed by atoms with van der Waals surface area (Å²) >= 11 is 0. The molecule has 0 bridgehead atoms. The monoisotopic (exact) mass is 312 g/mol. The van der Waals surface area contributed by atoms with E-state index in [2.05, 4.69) is 27.5 Å². The molecule has 3 rings (SSSR count). The summed E-state index contributed by atoms with van der Waals surface area (Å²) in [5.74, 6) is 0.387. The number of nitrogens with one attached hydrogen (secondary N) is 1. The molecule has 0 radical (unpaired) electrons. The number of carbonyl (C=O) groups is 1. The highest BCUT2D eigenvalue weighted by Gasteiger charge is 2.24. The second kappa shape index (κ2) is 7.90. The van der Waals surface area contributed by atoms with Gasteiger partial charge in [0.15, 0.2) is 0 Å².